The van der Waals surface area contributed by atoms with Crippen molar-refractivity contribution in [1.29, 1.82) is 0 Å². The first kappa shape index (κ1) is 19.9. The highest BCUT2D eigenvalue weighted by atomic mass is 19.1. The fourth-order valence-electron chi connectivity index (χ4n) is 2.78. The van der Waals surface area contributed by atoms with Gasteiger partial charge in [0, 0.05) is 37.1 Å². The van der Waals surface area contributed by atoms with E-state index in [9.17, 15) is 9.50 Å². The lowest BCUT2D eigenvalue weighted by atomic mass is 10.2. The Labute approximate surface area is 154 Å². The summed E-state index contributed by atoms with van der Waals surface area (Å²) in [6.07, 6.45) is 8.22. The van der Waals surface area contributed by atoms with Crippen molar-refractivity contribution < 1.29 is 14.2 Å². The molecule has 1 atom stereocenters. The van der Waals surface area contributed by atoms with Gasteiger partial charge in [0.2, 0.25) is 0 Å². The number of ether oxygens (including phenoxy) is 1. The number of hydrogen-bond donors (Lipinski definition) is 1. The van der Waals surface area contributed by atoms with Gasteiger partial charge >= 0.3 is 0 Å². The van der Waals surface area contributed by atoms with Crippen LogP contribution in [0.3, 0.4) is 0 Å². The summed E-state index contributed by atoms with van der Waals surface area (Å²) in [5.41, 5.74) is 1.68. The fourth-order valence-corrected chi connectivity index (χ4v) is 2.78. The molecule has 2 rings (SSSR count). The number of rotatable bonds is 11. The van der Waals surface area contributed by atoms with Crippen molar-refractivity contribution in [2.45, 2.75) is 19.2 Å². The van der Waals surface area contributed by atoms with Gasteiger partial charge in [0.25, 0.3) is 0 Å². The average molecular weight is 356 g/mol. The van der Waals surface area contributed by atoms with Gasteiger partial charge < -0.3 is 14.4 Å². The van der Waals surface area contributed by atoms with Crippen LogP contribution in [0.5, 0.6) is 0 Å². The van der Waals surface area contributed by atoms with Crippen LogP contribution in [0.1, 0.15) is 11.3 Å². The molecular weight excluding hydrogens is 331 g/mol. The second-order valence-corrected chi connectivity index (χ2v) is 6.07. The van der Waals surface area contributed by atoms with Crippen LogP contribution in [0.4, 0.5) is 4.39 Å². The quantitative estimate of drug-likeness (QED) is 0.382. The van der Waals surface area contributed by atoms with E-state index in [0.29, 0.717) is 31.7 Å². The second kappa shape index (κ2) is 10.6. The minimum Gasteiger partial charge on any atom is -0.389 e. The Morgan fingerprint density at radius 3 is 2.88 bits per heavy atom. The van der Waals surface area contributed by atoms with E-state index in [1.807, 2.05) is 29.0 Å². The molecule has 0 bridgehead atoms. The number of aliphatic hydroxyl groups excluding tert-OH is 1. The van der Waals surface area contributed by atoms with E-state index in [1.54, 1.807) is 18.2 Å². The maximum Gasteiger partial charge on any atom is 0.128 e. The van der Waals surface area contributed by atoms with Crippen molar-refractivity contribution >= 4 is 0 Å². The maximum atomic E-state index is 13.9. The lowest BCUT2D eigenvalue weighted by Crippen LogP contribution is -2.35. The molecule has 4 nitrogen and oxygen atoms in total. The summed E-state index contributed by atoms with van der Waals surface area (Å²) in [6.45, 7) is 6.28. The first-order valence-corrected chi connectivity index (χ1v) is 8.54. The van der Waals surface area contributed by atoms with Crippen LogP contribution in [-0.4, -0.2) is 47.0 Å². The lowest BCUT2D eigenvalue weighted by molar-refractivity contribution is 0.0281. The highest BCUT2D eigenvalue weighted by molar-refractivity contribution is 5.19. The van der Waals surface area contributed by atoms with Gasteiger partial charge in [-0.15, -0.1) is 13.0 Å². The van der Waals surface area contributed by atoms with Gasteiger partial charge in [-0.25, -0.2) is 4.39 Å². The van der Waals surface area contributed by atoms with Gasteiger partial charge in [0.05, 0.1) is 19.3 Å². The predicted molar refractivity (Wildman–Crippen MR) is 101 cm³/mol. The average Bonchev–Trinajstić information content (AvgIpc) is 3.04. The van der Waals surface area contributed by atoms with Crippen LogP contribution < -0.4 is 0 Å². The van der Waals surface area contributed by atoms with E-state index in [0.717, 1.165) is 5.69 Å². The van der Waals surface area contributed by atoms with Crippen LogP contribution in [0, 0.1) is 18.2 Å². The van der Waals surface area contributed by atoms with Crippen molar-refractivity contribution in [2.24, 2.45) is 0 Å². The number of nitrogens with zero attached hydrogens (tertiary/aromatic N) is 2. The third-order valence-electron chi connectivity index (χ3n) is 3.96. The predicted octanol–water partition coefficient (Wildman–Crippen LogP) is 2.67. The standard InChI is InChI=1S/C21H25FN2O2/c1-3-11-23(16-20(25)17-26-13-4-2)15-19-9-7-12-24(19)14-18-8-5-6-10-21(18)22/h2-3,5-10,12,20,25H,1,11,13-17H2/t20-/m1/s1. The summed E-state index contributed by atoms with van der Waals surface area (Å²) in [6, 6.07) is 10.7. The number of halogens is 1. The summed E-state index contributed by atoms with van der Waals surface area (Å²) >= 11 is 0. The van der Waals surface area contributed by atoms with Crippen LogP contribution in [0.2, 0.25) is 0 Å². The minimum atomic E-state index is -0.640. The molecule has 138 valence electrons. The van der Waals surface area contributed by atoms with Crippen LogP contribution >= 0.6 is 0 Å². The van der Waals surface area contributed by atoms with Gasteiger partial charge in [-0.2, -0.15) is 0 Å². The molecule has 0 saturated heterocycles. The van der Waals surface area contributed by atoms with Gasteiger partial charge in [0.15, 0.2) is 0 Å². The minimum absolute atomic E-state index is 0.185. The van der Waals surface area contributed by atoms with E-state index in [4.69, 9.17) is 11.2 Å². The zero-order valence-electron chi connectivity index (χ0n) is 14.9. The van der Waals surface area contributed by atoms with E-state index in [-0.39, 0.29) is 19.0 Å². The molecule has 26 heavy (non-hydrogen) atoms. The van der Waals surface area contributed by atoms with Crippen molar-refractivity contribution in [1.82, 2.24) is 9.47 Å². The topological polar surface area (TPSA) is 37.6 Å². The van der Waals surface area contributed by atoms with Gasteiger partial charge in [0.1, 0.15) is 12.4 Å². The van der Waals surface area contributed by atoms with Crippen LogP contribution in [-0.2, 0) is 17.8 Å². The number of aromatic nitrogens is 1. The molecule has 1 N–H and O–H groups in total. The molecule has 1 heterocycles. The molecule has 0 aliphatic carbocycles. The summed E-state index contributed by atoms with van der Waals surface area (Å²) in [7, 11) is 0. The Morgan fingerprint density at radius 1 is 1.35 bits per heavy atom. The first-order chi connectivity index (χ1) is 12.6. The number of aliphatic hydroxyl groups is 1. The zero-order valence-corrected chi connectivity index (χ0v) is 14.9. The van der Waals surface area contributed by atoms with Crippen molar-refractivity contribution in [2.75, 3.05) is 26.3 Å². The van der Waals surface area contributed by atoms with Crippen molar-refractivity contribution in [3.8, 4) is 12.3 Å². The highest BCUT2D eigenvalue weighted by Gasteiger charge is 2.14. The van der Waals surface area contributed by atoms with Gasteiger partial charge in [-0.05, 0) is 18.2 Å². The second-order valence-electron chi connectivity index (χ2n) is 6.07. The number of hydrogen-bond acceptors (Lipinski definition) is 3. The van der Waals surface area contributed by atoms with Gasteiger partial charge in [-0.1, -0.05) is 30.2 Å². The smallest absolute Gasteiger partial charge is 0.128 e. The van der Waals surface area contributed by atoms with E-state index in [2.05, 4.69) is 17.4 Å². The fraction of sp³-hybridized carbons (Fsp3) is 0.333. The normalized spacial score (nSPS) is 12.1. The Balaban J connectivity index is 2.01. The van der Waals surface area contributed by atoms with E-state index in [1.165, 1.54) is 6.07 Å². The molecule has 2 aromatic rings. The Bertz CT molecular complexity index is 736. The Hall–Kier alpha value is -2.39. The molecule has 0 aliphatic heterocycles. The van der Waals surface area contributed by atoms with E-state index >= 15 is 0 Å². The number of benzene rings is 1. The molecule has 0 aliphatic rings. The monoisotopic (exact) mass is 356 g/mol. The molecule has 0 saturated carbocycles. The molecular formula is C21H25FN2O2. The molecule has 0 amide bonds. The van der Waals surface area contributed by atoms with Crippen LogP contribution in [0.25, 0.3) is 0 Å². The lowest BCUT2D eigenvalue weighted by Gasteiger charge is -2.24. The summed E-state index contributed by atoms with van der Waals surface area (Å²) in [5, 5.41) is 10.1. The third-order valence-corrected chi connectivity index (χ3v) is 3.96. The SMILES string of the molecule is C#CCOC[C@H](O)CN(CC=C)Cc1cccn1Cc1ccccc1F. The summed E-state index contributed by atoms with van der Waals surface area (Å²) in [5.74, 6) is 2.16. The molecule has 0 unspecified atom stereocenters. The molecule has 5 heteroatoms. The highest BCUT2D eigenvalue weighted by Crippen LogP contribution is 2.13. The van der Waals surface area contributed by atoms with Crippen LogP contribution in [0.15, 0.2) is 55.3 Å². The first-order valence-electron chi connectivity index (χ1n) is 8.54. The molecule has 1 aromatic heterocycles. The van der Waals surface area contributed by atoms with Gasteiger partial charge in [-0.3, -0.25) is 4.90 Å². The number of terminal acetylenes is 1. The maximum absolute atomic E-state index is 13.9. The summed E-state index contributed by atoms with van der Waals surface area (Å²) in [4.78, 5) is 2.06. The molecule has 0 spiro atoms. The summed E-state index contributed by atoms with van der Waals surface area (Å²) < 4.78 is 21.1. The third kappa shape index (κ3) is 6.16. The van der Waals surface area contributed by atoms with E-state index < -0.39 is 6.10 Å². The Kier molecular flexibility index (Phi) is 8.10. The largest absolute Gasteiger partial charge is 0.389 e. The van der Waals surface area contributed by atoms with Crippen molar-refractivity contribution in [3.05, 3.63) is 72.3 Å². The zero-order chi connectivity index (χ0) is 18.8. The molecule has 0 fully saturated rings. The van der Waals surface area contributed by atoms with Crippen molar-refractivity contribution in [3.63, 3.8) is 0 Å². The Morgan fingerprint density at radius 2 is 2.15 bits per heavy atom. The molecule has 1 aromatic carbocycles. The molecule has 0 radical (unpaired) electrons.